The molecule has 0 spiro atoms. The maximum atomic E-state index is 12.5. The number of nitrogens with one attached hydrogen (secondary N) is 1. The summed E-state index contributed by atoms with van der Waals surface area (Å²) in [5, 5.41) is 3.02. The summed E-state index contributed by atoms with van der Waals surface area (Å²) in [6.45, 7) is 3.61. The molecule has 136 valence electrons. The smallest absolute Gasteiger partial charge is 0.251 e. The number of carbonyl (C=O) groups is 1. The molecule has 4 nitrogen and oxygen atoms in total. The highest BCUT2D eigenvalue weighted by molar-refractivity contribution is 6.09. The van der Waals surface area contributed by atoms with E-state index in [1.807, 2.05) is 35.0 Å². The van der Waals surface area contributed by atoms with Gasteiger partial charge in [0.05, 0.1) is 6.33 Å². The van der Waals surface area contributed by atoms with Crippen molar-refractivity contribution in [2.75, 3.05) is 6.54 Å². The van der Waals surface area contributed by atoms with Crippen LogP contribution in [0.25, 0.3) is 11.1 Å². The second kappa shape index (κ2) is 7.62. The fourth-order valence-corrected chi connectivity index (χ4v) is 3.38. The van der Waals surface area contributed by atoms with E-state index in [1.54, 1.807) is 12.5 Å². The number of aromatic nitrogens is 2. The fraction of sp³-hybridized carbons (Fsp3) is 0.217. The molecular weight excluding hydrogens is 334 g/mol. The highest BCUT2D eigenvalue weighted by Crippen LogP contribution is 2.47. The molecule has 1 N–H and O–H groups in total. The first-order valence-corrected chi connectivity index (χ1v) is 9.35. The second-order valence-corrected chi connectivity index (χ2v) is 6.94. The van der Waals surface area contributed by atoms with Crippen LogP contribution in [0.4, 0.5) is 0 Å². The van der Waals surface area contributed by atoms with Gasteiger partial charge in [0.1, 0.15) is 0 Å². The van der Waals surface area contributed by atoms with Crippen LogP contribution in [0.1, 0.15) is 39.9 Å². The first-order chi connectivity index (χ1) is 13.2. The van der Waals surface area contributed by atoms with Gasteiger partial charge in [-0.1, -0.05) is 36.4 Å². The van der Waals surface area contributed by atoms with Crippen molar-refractivity contribution in [1.29, 1.82) is 0 Å². The van der Waals surface area contributed by atoms with Crippen LogP contribution in [0.3, 0.4) is 0 Å². The molecule has 1 aliphatic rings. The van der Waals surface area contributed by atoms with E-state index in [0.717, 1.165) is 24.9 Å². The van der Waals surface area contributed by atoms with E-state index >= 15 is 0 Å². The predicted molar refractivity (Wildman–Crippen MR) is 108 cm³/mol. The minimum Gasteiger partial charge on any atom is -0.352 e. The molecule has 2 aromatic carbocycles. The molecule has 1 amide bonds. The normalized spacial score (nSPS) is 12.9. The molecule has 4 heteroatoms. The third-order valence-corrected chi connectivity index (χ3v) is 4.98. The Morgan fingerprint density at radius 3 is 2.78 bits per heavy atom. The molecule has 0 aliphatic heterocycles. The van der Waals surface area contributed by atoms with Gasteiger partial charge in [0.25, 0.3) is 5.91 Å². The molecule has 1 aromatic heterocycles. The van der Waals surface area contributed by atoms with Crippen molar-refractivity contribution in [1.82, 2.24) is 14.9 Å². The van der Waals surface area contributed by atoms with Crippen LogP contribution in [0.15, 0.2) is 67.3 Å². The Balaban J connectivity index is 1.42. The van der Waals surface area contributed by atoms with Crippen LogP contribution in [-0.4, -0.2) is 22.0 Å². The number of hydrogen-bond donors (Lipinski definition) is 1. The lowest BCUT2D eigenvalue weighted by atomic mass is 10.0. The summed E-state index contributed by atoms with van der Waals surface area (Å²) >= 11 is 0. The zero-order chi connectivity index (χ0) is 18.6. The summed E-state index contributed by atoms with van der Waals surface area (Å²) in [5.74, 6) is -0.00982. The van der Waals surface area contributed by atoms with Gasteiger partial charge in [0, 0.05) is 31.0 Å². The molecule has 0 atom stereocenters. The van der Waals surface area contributed by atoms with E-state index < -0.39 is 0 Å². The van der Waals surface area contributed by atoms with Crippen molar-refractivity contribution in [2.45, 2.75) is 26.3 Å². The molecule has 1 heterocycles. The Bertz CT molecular complexity index is 972. The molecule has 4 rings (SSSR count). The monoisotopic (exact) mass is 357 g/mol. The number of hydrogen-bond acceptors (Lipinski definition) is 2. The van der Waals surface area contributed by atoms with E-state index in [2.05, 4.69) is 41.5 Å². The molecule has 0 bridgehead atoms. The largest absolute Gasteiger partial charge is 0.352 e. The van der Waals surface area contributed by atoms with Gasteiger partial charge in [0.15, 0.2) is 0 Å². The van der Waals surface area contributed by atoms with Crippen molar-refractivity contribution < 1.29 is 4.79 Å². The minimum absolute atomic E-state index is 0.00982. The maximum absolute atomic E-state index is 12.5. The Hall–Kier alpha value is -3.14. The quantitative estimate of drug-likeness (QED) is 0.640. The van der Waals surface area contributed by atoms with Crippen LogP contribution in [0.2, 0.25) is 0 Å². The molecular formula is C23H23N3O. The number of benzene rings is 2. The third-order valence-electron chi connectivity index (χ3n) is 4.98. The number of allylic oxidation sites excluding steroid dienone is 2. The number of nitrogens with zero attached hydrogens (tertiary/aromatic N) is 2. The van der Waals surface area contributed by atoms with Crippen LogP contribution in [0.5, 0.6) is 0 Å². The first-order valence-electron chi connectivity index (χ1n) is 9.35. The van der Waals surface area contributed by atoms with Crippen LogP contribution >= 0.6 is 0 Å². The molecule has 27 heavy (non-hydrogen) atoms. The van der Waals surface area contributed by atoms with Gasteiger partial charge in [-0.3, -0.25) is 4.79 Å². The average Bonchev–Trinajstić information content (AvgIpc) is 3.32. The molecule has 0 saturated carbocycles. The van der Waals surface area contributed by atoms with Crippen molar-refractivity contribution in [3.05, 3.63) is 89.5 Å². The Morgan fingerprint density at radius 1 is 1.15 bits per heavy atom. The Labute approximate surface area is 159 Å². The lowest BCUT2D eigenvalue weighted by Gasteiger charge is -2.08. The molecule has 0 saturated heterocycles. The summed E-state index contributed by atoms with van der Waals surface area (Å²) < 4.78 is 2.01. The van der Waals surface area contributed by atoms with Crippen molar-refractivity contribution >= 4 is 17.1 Å². The zero-order valence-corrected chi connectivity index (χ0v) is 15.5. The molecule has 0 unspecified atom stereocenters. The summed E-state index contributed by atoms with van der Waals surface area (Å²) in [4.78, 5) is 16.5. The average molecular weight is 357 g/mol. The van der Waals surface area contributed by atoms with Gasteiger partial charge in [-0.05, 0) is 59.7 Å². The molecule has 3 aromatic rings. The lowest BCUT2D eigenvalue weighted by molar-refractivity contribution is 0.0952. The standard InChI is InChI=1S/C23H23N3O/c1-17-8-9-19(23(27)25-10-5-12-26-13-11-24-16-26)14-20(17)22-15-21(22)18-6-3-2-4-7-18/h2-4,6-9,11,13-14,16H,5,10,12,15H2,1H3,(H,25,27). The topological polar surface area (TPSA) is 46.9 Å². The van der Waals surface area contributed by atoms with Crippen molar-refractivity contribution in [3.63, 3.8) is 0 Å². The summed E-state index contributed by atoms with van der Waals surface area (Å²) in [6.07, 6.45) is 7.37. The van der Waals surface area contributed by atoms with Crippen LogP contribution in [-0.2, 0) is 6.54 Å². The summed E-state index contributed by atoms with van der Waals surface area (Å²) in [6, 6.07) is 16.5. The van der Waals surface area contributed by atoms with E-state index in [0.29, 0.717) is 6.54 Å². The number of aryl methyl sites for hydroxylation is 2. The molecule has 0 fully saturated rings. The highest BCUT2D eigenvalue weighted by atomic mass is 16.1. The second-order valence-electron chi connectivity index (χ2n) is 6.94. The van der Waals surface area contributed by atoms with Crippen molar-refractivity contribution in [3.8, 4) is 0 Å². The van der Waals surface area contributed by atoms with E-state index in [1.165, 1.54) is 27.8 Å². The molecule has 0 radical (unpaired) electrons. The number of carbonyl (C=O) groups excluding carboxylic acids is 1. The lowest BCUT2D eigenvalue weighted by Crippen LogP contribution is -2.25. The third kappa shape index (κ3) is 4.00. The highest BCUT2D eigenvalue weighted by Gasteiger charge is 2.26. The molecule has 1 aliphatic carbocycles. The van der Waals surface area contributed by atoms with Gasteiger partial charge in [-0.15, -0.1) is 0 Å². The van der Waals surface area contributed by atoms with Gasteiger partial charge >= 0.3 is 0 Å². The number of rotatable bonds is 7. The van der Waals surface area contributed by atoms with Crippen molar-refractivity contribution in [2.24, 2.45) is 0 Å². The van der Waals surface area contributed by atoms with E-state index in [4.69, 9.17) is 0 Å². The van der Waals surface area contributed by atoms with Crippen LogP contribution < -0.4 is 5.32 Å². The zero-order valence-electron chi connectivity index (χ0n) is 15.5. The van der Waals surface area contributed by atoms with E-state index in [-0.39, 0.29) is 5.91 Å². The van der Waals surface area contributed by atoms with Gasteiger partial charge < -0.3 is 9.88 Å². The van der Waals surface area contributed by atoms with Gasteiger partial charge in [-0.25, -0.2) is 4.98 Å². The SMILES string of the molecule is Cc1ccc(C(=O)NCCCn2ccnc2)cc1C1=C(c2ccccc2)C1. The maximum Gasteiger partial charge on any atom is 0.251 e. The summed E-state index contributed by atoms with van der Waals surface area (Å²) in [7, 11) is 0. The van der Waals surface area contributed by atoms with E-state index in [9.17, 15) is 4.79 Å². The number of imidazole rings is 1. The van der Waals surface area contributed by atoms with Gasteiger partial charge in [-0.2, -0.15) is 0 Å². The fourth-order valence-electron chi connectivity index (χ4n) is 3.38. The first kappa shape index (κ1) is 17.3. The summed E-state index contributed by atoms with van der Waals surface area (Å²) in [5.41, 5.74) is 7.16. The Morgan fingerprint density at radius 2 is 2.00 bits per heavy atom. The predicted octanol–water partition coefficient (Wildman–Crippen LogP) is 4.33. The minimum atomic E-state index is -0.00982. The Kier molecular flexibility index (Phi) is 4.88. The number of amides is 1. The van der Waals surface area contributed by atoms with Crippen LogP contribution in [0, 0.1) is 6.92 Å². The van der Waals surface area contributed by atoms with Gasteiger partial charge in [0.2, 0.25) is 0 Å².